The largest absolute Gasteiger partial charge is 0.507 e. The minimum Gasteiger partial charge on any atom is -0.507 e. The number of aromatic carboxylic acids is 1. The highest BCUT2D eigenvalue weighted by Crippen LogP contribution is 2.29. The molecule has 9 nitrogen and oxygen atoms in total. The fourth-order valence-corrected chi connectivity index (χ4v) is 2.36. The molecular weight excluding hydrogens is 318 g/mol. The number of hydrogen-bond acceptors (Lipinski definition) is 6. The molecule has 130 valence electrons. The normalized spacial score (nSPS) is 15.5. The van der Waals surface area contributed by atoms with E-state index in [-0.39, 0.29) is 48.9 Å². The Labute approximate surface area is 137 Å². The number of carbonyl (C=O) groups is 3. The van der Waals surface area contributed by atoms with Gasteiger partial charge in [0.05, 0.1) is 19.1 Å². The number of hydrogen-bond donors (Lipinski definition) is 4. The first kappa shape index (κ1) is 17.5. The van der Waals surface area contributed by atoms with Crippen LogP contribution in [0, 0.1) is 0 Å². The van der Waals surface area contributed by atoms with Gasteiger partial charge in [0.1, 0.15) is 23.2 Å². The summed E-state index contributed by atoms with van der Waals surface area (Å²) in [5, 5.41) is 18.7. The number of nitrogens with zero attached hydrogens (tertiary/aromatic N) is 1. The van der Waals surface area contributed by atoms with E-state index in [2.05, 4.69) is 0 Å². The standard InChI is InChI=1S/C15H19N3O6/c16-9(4-5-12(17)20)14(21)18-6-8(7-18)24-11-3-1-2-10(19)13(11)15(22)23/h1-3,8-9,19H,4-7,16H2,(H2,17,20)(H,22,23)/t9-/m1/s1. The van der Waals surface area contributed by atoms with Crippen molar-refractivity contribution in [1.82, 2.24) is 4.90 Å². The predicted octanol–water partition coefficient (Wildman–Crippen LogP) is -0.727. The van der Waals surface area contributed by atoms with Gasteiger partial charge in [0.15, 0.2) is 0 Å². The van der Waals surface area contributed by atoms with Crippen LogP contribution in [0.25, 0.3) is 0 Å². The zero-order chi connectivity index (χ0) is 17.9. The molecule has 1 heterocycles. The van der Waals surface area contributed by atoms with Crippen molar-refractivity contribution in [3.8, 4) is 11.5 Å². The Morgan fingerprint density at radius 3 is 2.58 bits per heavy atom. The van der Waals surface area contributed by atoms with E-state index in [1.54, 1.807) is 0 Å². The number of ether oxygens (including phenoxy) is 1. The summed E-state index contributed by atoms with van der Waals surface area (Å²) < 4.78 is 5.53. The molecule has 2 amide bonds. The molecule has 0 radical (unpaired) electrons. The fraction of sp³-hybridized carbons (Fsp3) is 0.400. The average Bonchev–Trinajstić information content (AvgIpc) is 2.46. The predicted molar refractivity (Wildman–Crippen MR) is 82.5 cm³/mol. The summed E-state index contributed by atoms with van der Waals surface area (Å²) in [5.74, 6) is -2.49. The molecule has 0 spiro atoms. The van der Waals surface area contributed by atoms with Crippen LogP contribution in [0.3, 0.4) is 0 Å². The number of nitrogens with two attached hydrogens (primary N) is 2. The van der Waals surface area contributed by atoms with E-state index in [0.29, 0.717) is 0 Å². The van der Waals surface area contributed by atoms with E-state index in [0.717, 1.165) is 0 Å². The molecule has 0 bridgehead atoms. The van der Waals surface area contributed by atoms with Crippen LogP contribution in [0.4, 0.5) is 0 Å². The van der Waals surface area contributed by atoms with E-state index in [4.69, 9.17) is 21.3 Å². The molecule has 0 aliphatic carbocycles. The number of rotatable bonds is 7. The molecule has 1 aromatic carbocycles. The lowest BCUT2D eigenvalue weighted by molar-refractivity contribution is -0.141. The second-order valence-electron chi connectivity index (χ2n) is 5.55. The Kier molecular flexibility index (Phi) is 5.24. The number of amides is 2. The van der Waals surface area contributed by atoms with Crippen molar-refractivity contribution in [3.05, 3.63) is 23.8 Å². The van der Waals surface area contributed by atoms with Gasteiger partial charge in [0, 0.05) is 6.42 Å². The summed E-state index contributed by atoms with van der Waals surface area (Å²) in [5.41, 5.74) is 10.4. The first-order valence-corrected chi connectivity index (χ1v) is 7.34. The topological polar surface area (TPSA) is 156 Å². The number of carboxylic acid groups (broad SMARTS) is 1. The van der Waals surface area contributed by atoms with Gasteiger partial charge in [-0.3, -0.25) is 9.59 Å². The molecule has 6 N–H and O–H groups in total. The van der Waals surface area contributed by atoms with Gasteiger partial charge in [-0.1, -0.05) is 6.07 Å². The summed E-state index contributed by atoms with van der Waals surface area (Å²) in [4.78, 5) is 35.3. The molecule has 0 aromatic heterocycles. The third-order valence-electron chi connectivity index (χ3n) is 3.69. The van der Waals surface area contributed by atoms with Gasteiger partial charge in [-0.05, 0) is 18.6 Å². The maximum atomic E-state index is 12.0. The lowest BCUT2D eigenvalue weighted by Crippen LogP contribution is -2.60. The number of primary amides is 1. The van der Waals surface area contributed by atoms with Crippen LogP contribution < -0.4 is 16.2 Å². The summed E-state index contributed by atoms with van der Waals surface area (Å²) in [6, 6.07) is 3.35. The molecule has 1 aliphatic rings. The molecule has 0 saturated carbocycles. The molecule has 1 saturated heterocycles. The monoisotopic (exact) mass is 337 g/mol. The van der Waals surface area contributed by atoms with Crippen molar-refractivity contribution in [3.63, 3.8) is 0 Å². The highest BCUT2D eigenvalue weighted by atomic mass is 16.5. The first-order chi connectivity index (χ1) is 11.3. The van der Waals surface area contributed by atoms with Crippen molar-refractivity contribution in [2.24, 2.45) is 11.5 Å². The highest BCUT2D eigenvalue weighted by Gasteiger charge is 2.35. The van der Waals surface area contributed by atoms with Crippen LogP contribution in [-0.4, -0.2) is 58.1 Å². The fourth-order valence-electron chi connectivity index (χ4n) is 2.36. The highest BCUT2D eigenvalue weighted by molar-refractivity contribution is 5.94. The van der Waals surface area contributed by atoms with E-state index < -0.39 is 24.0 Å². The number of carbonyl (C=O) groups excluding carboxylic acids is 2. The van der Waals surface area contributed by atoms with Crippen molar-refractivity contribution >= 4 is 17.8 Å². The second-order valence-corrected chi connectivity index (χ2v) is 5.55. The maximum absolute atomic E-state index is 12.0. The Bertz CT molecular complexity index is 657. The van der Waals surface area contributed by atoms with Gasteiger partial charge in [-0.25, -0.2) is 4.79 Å². The molecule has 0 unspecified atom stereocenters. The quantitative estimate of drug-likeness (QED) is 0.511. The molecule has 1 fully saturated rings. The Morgan fingerprint density at radius 1 is 1.33 bits per heavy atom. The first-order valence-electron chi connectivity index (χ1n) is 7.34. The molecule has 24 heavy (non-hydrogen) atoms. The number of phenols is 1. The third-order valence-corrected chi connectivity index (χ3v) is 3.69. The van der Waals surface area contributed by atoms with Crippen LogP contribution in [0.2, 0.25) is 0 Å². The SMILES string of the molecule is NC(=O)CC[C@@H](N)C(=O)N1CC(Oc2cccc(O)c2C(=O)O)C1. The zero-order valence-electron chi connectivity index (χ0n) is 12.8. The summed E-state index contributed by atoms with van der Waals surface area (Å²) in [6.45, 7) is 0.496. The van der Waals surface area contributed by atoms with Crippen LogP contribution in [0.1, 0.15) is 23.2 Å². The summed E-state index contributed by atoms with van der Waals surface area (Å²) in [6.07, 6.45) is -0.185. The van der Waals surface area contributed by atoms with E-state index in [9.17, 15) is 19.5 Å². The second kappa shape index (κ2) is 7.18. The van der Waals surface area contributed by atoms with E-state index >= 15 is 0 Å². The maximum Gasteiger partial charge on any atom is 0.343 e. The van der Waals surface area contributed by atoms with Crippen LogP contribution >= 0.6 is 0 Å². The Morgan fingerprint density at radius 2 is 2.00 bits per heavy atom. The van der Waals surface area contributed by atoms with Crippen molar-refractivity contribution in [2.75, 3.05) is 13.1 Å². The minimum atomic E-state index is -1.30. The molecular formula is C15H19N3O6. The smallest absolute Gasteiger partial charge is 0.343 e. The molecule has 1 aliphatic heterocycles. The van der Waals surface area contributed by atoms with Gasteiger partial charge in [-0.2, -0.15) is 0 Å². The van der Waals surface area contributed by atoms with E-state index in [1.807, 2.05) is 0 Å². The molecule has 1 aromatic rings. The van der Waals surface area contributed by atoms with Gasteiger partial charge < -0.3 is 31.3 Å². The van der Waals surface area contributed by atoms with Crippen molar-refractivity contribution in [1.29, 1.82) is 0 Å². The van der Waals surface area contributed by atoms with Gasteiger partial charge in [-0.15, -0.1) is 0 Å². The Hall–Kier alpha value is -2.81. The molecule has 2 rings (SSSR count). The number of carboxylic acids is 1. The van der Waals surface area contributed by atoms with Gasteiger partial charge >= 0.3 is 5.97 Å². The van der Waals surface area contributed by atoms with Crippen LogP contribution in [-0.2, 0) is 9.59 Å². The third kappa shape index (κ3) is 3.93. The van der Waals surface area contributed by atoms with Crippen molar-refractivity contribution < 1.29 is 29.3 Å². The van der Waals surface area contributed by atoms with Gasteiger partial charge in [0.25, 0.3) is 0 Å². The number of aromatic hydroxyl groups is 1. The van der Waals surface area contributed by atoms with E-state index in [1.165, 1.54) is 23.1 Å². The van der Waals surface area contributed by atoms with Crippen LogP contribution in [0.5, 0.6) is 11.5 Å². The lowest BCUT2D eigenvalue weighted by atomic mass is 10.1. The minimum absolute atomic E-state index is 0.0337. The molecule has 9 heteroatoms. The van der Waals surface area contributed by atoms with Crippen LogP contribution in [0.15, 0.2) is 18.2 Å². The average molecular weight is 337 g/mol. The summed E-state index contributed by atoms with van der Waals surface area (Å²) >= 11 is 0. The Balaban J connectivity index is 1.89. The number of likely N-dealkylation sites (tertiary alicyclic amines) is 1. The van der Waals surface area contributed by atoms with Gasteiger partial charge in [0.2, 0.25) is 11.8 Å². The lowest BCUT2D eigenvalue weighted by Gasteiger charge is -2.40. The van der Waals surface area contributed by atoms with Crippen molar-refractivity contribution in [2.45, 2.75) is 25.0 Å². The zero-order valence-corrected chi connectivity index (χ0v) is 12.8. The summed E-state index contributed by atoms with van der Waals surface area (Å²) in [7, 11) is 0. The number of benzene rings is 1. The molecule has 1 atom stereocenters.